The van der Waals surface area contributed by atoms with Crippen LogP contribution in [0.2, 0.25) is 0 Å². The molecule has 2 heteroatoms. The fourth-order valence-corrected chi connectivity index (χ4v) is 6.78. The minimum absolute atomic E-state index is 0.0514. The van der Waals surface area contributed by atoms with Crippen LogP contribution in [-0.2, 0) is 0 Å². The van der Waals surface area contributed by atoms with Crippen LogP contribution in [0.4, 0.5) is 0 Å². The highest BCUT2D eigenvalue weighted by Crippen LogP contribution is 2.66. The molecule has 0 rings (SSSR count). The van der Waals surface area contributed by atoms with Crippen molar-refractivity contribution in [2.24, 2.45) is 51.1 Å². The predicted octanol–water partition coefficient (Wildman–Crippen LogP) is 7.54. The molecule has 0 aliphatic heterocycles. The smallest absolute Gasteiger partial charge is 0.0675 e. The lowest BCUT2D eigenvalue weighted by molar-refractivity contribution is -0.198. The minimum Gasteiger partial charge on any atom is -0.390 e. The third kappa shape index (κ3) is 4.45. The first kappa shape index (κ1) is 28.9. The van der Waals surface area contributed by atoms with Crippen LogP contribution in [-0.4, -0.2) is 17.3 Å². The van der Waals surface area contributed by atoms with Crippen LogP contribution in [0.5, 0.6) is 0 Å². The second-order valence-electron chi connectivity index (χ2n) is 12.1. The SMILES string of the molecule is CCC(C)C(C)(O)C(C)C(C)(C)C(CN)(C(C)C(C)(CC)C(C)C)C(C)(C)CC. The summed E-state index contributed by atoms with van der Waals surface area (Å²) < 4.78 is 0. The highest BCUT2D eigenvalue weighted by atomic mass is 16.3. The van der Waals surface area contributed by atoms with E-state index in [2.05, 4.69) is 96.9 Å². The third-order valence-corrected chi connectivity index (χ3v) is 10.9. The van der Waals surface area contributed by atoms with Crippen molar-refractivity contribution < 1.29 is 5.11 Å². The van der Waals surface area contributed by atoms with Crippen LogP contribution in [0.25, 0.3) is 0 Å². The molecule has 6 atom stereocenters. The molecule has 29 heavy (non-hydrogen) atoms. The normalized spacial score (nSPS) is 23.1. The van der Waals surface area contributed by atoms with Gasteiger partial charge in [0, 0.05) is 0 Å². The standard InChI is InChI=1S/C27H57NO/c1-15-20(6)26(14,29)21(7)24(11,12)27(18-28,23(9,10)16-2)22(8)25(13,17-3)19(4)5/h19-22,29H,15-18,28H2,1-14H3. The van der Waals surface area contributed by atoms with Gasteiger partial charge in [0.05, 0.1) is 5.60 Å². The summed E-state index contributed by atoms with van der Waals surface area (Å²) in [6, 6.07) is 0. The van der Waals surface area contributed by atoms with Gasteiger partial charge in [-0.2, -0.15) is 0 Å². The lowest BCUT2D eigenvalue weighted by atomic mass is 9.39. The lowest BCUT2D eigenvalue weighted by Crippen LogP contribution is -2.65. The van der Waals surface area contributed by atoms with Crippen molar-refractivity contribution in [3.63, 3.8) is 0 Å². The molecule has 0 aliphatic carbocycles. The van der Waals surface area contributed by atoms with E-state index in [4.69, 9.17) is 5.73 Å². The number of hydrogen-bond donors (Lipinski definition) is 2. The molecule has 0 saturated heterocycles. The highest BCUT2D eigenvalue weighted by Gasteiger charge is 2.63. The van der Waals surface area contributed by atoms with Crippen molar-refractivity contribution in [1.82, 2.24) is 0 Å². The van der Waals surface area contributed by atoms with E-state index in [1.807, 2.05) is 0 Å². The van der Waals surface area contributed by atoms with Gasteiger partial charge in [0.1, 0.15) is 0 Å². The zero-order valence-corrected chi connectivity index (χ0v) is 22.7. The quantitative estimate of drug-likeness (QED) is 0.348. The van der Waals surface area contributed by atoms with Gasteiger partial charge >= 0.3 is 0 Å². The van der Waals surface area contributed by atoms with E-state index in [-0.39, 0.29) is 33.5 Å². The van der Waals surface area contributed by atoms with Crippen LogP contribution < -0.4 is 5.73 Å². The summed E-state index contributed by atoms with van der Waals surface area (Å²) in [6.45, 7) is 33.3. The maximum atomic E-state index is 11.7. The molecule has 2 nitrogen and oxygen atoms in total. The Balaban J connectivity index is 6.99. The summed E-state index contributed by atoms with van der Waals surface area (Å²) in [5.41, 5.74) is 6.07. The number of hydrogen-bond acceptors (Lipinski definition) is 2. The first-order chi connectivity index (χ1) is 12.9. The van der Waals surface area contributed by atoms with Crippen LogP contribution in [0, 0.1) is 45.3 Å². The Morgan fingerprint density at radius 2 is 1.21 bits per heavy atom. The van der Waals surface area contributed by atoms with Crippen molar-refractivity contribution in [2.75, 3.05) is 6.54 Å². The molecule has 0 aromatic heterocycles. The maximum absolute atomic E-state index is 11.7. The maximum Gasteiger partial charge on any atom is 0.0675 e. The molecule has 0 spiro atoms. The first-order valence-electron chi connectivity index (χ1n) is 12.3. The molecule has 0 fully saturated rings. The molecule has 0 aromatic carbocycles. The lowest BCUT2D eigenvalue weighted by Gasteiger charge is -2.66. The number of nitrogens with two attached hydrogens (primary N) is 1. The zero-order chi connectivity index (χ0) is 23.6. The van der Waals surface area contributed by atoms with Gasteiger partial charge < -0.3 is 10.8 Å². The van der Waals surface area contributed by atoms with E-state index in [1.165, 1.54) is 0 Å². The Morgan fingerprint density at radius 1 is 0.759 bits per heavy atom. The van der Waals surface area contributed by atoms with Crippen molar-refractivity contribution in [3.05, 3.63) is 0 Å². The number of aliphatic hydroxyl groups is 1. The Morgan fingerprint density at radius 3 is 1.48 bits per heavy atom. The Kier molecular flexibility index (Phi) is 9.57. The molecule has 0 aliphatic rings. The summed E-state index contributed by atoms with van der Waals surface area (Å²) in [5, 5.41) is 11.7. The number of rotatable bonds is 12. The van der Waals surface area contributed by atoms with E-state index in [0.29, 0.717) is 18.4 Å². The van der Waals surface area contributed by atoms with Crippen LogP contribution in [0.1, 0.15) is 116 Å². The monoisotopic (exact) mass is 411 g/mol. The average Bonchev–Trinajstić information content (AvgIpc) is 2.65. The molecule has 0 amide bonds. The van der Waals surface area contributed by atoms with Gasteiger partial charge in [-0.1, -0.05) is 109 Å². The van der Waals surface area contributed by atoms with Gasteiger partial charge in [0.2, 0.25) is 0 Å². The highest BCUT2D eigenvalue weighted by molar-refractivity contribution is 5.12. The molecule has 0 radical (unpaired) electrons. The van der Waals surface area contributed by atoms with Crippen molar-refractivity contribution in [2.45, 2.75) is 122 Å². The summed E-state index contributed by atoms with van der Waals surface area (Å²) in [5.74, 6) is 1.36. The van der Waals surface area contributed by atoms with Gasteiger partial charge in [0.25, 0.3) is 0 Å². The van der Waals surface area contributed by atoms with Crippen LogP contribution >= 0.6 is 0 Å². The van der Waals surface area contributed by atoms with Crippen molar-refractivity contribution in [1.29, 1.82) is 0 Å². The Bertz CT molecular complexity index is 507. The molecule has 0 heterocycles. The Labute approximate surface area is 184 Å². The second-order valence-corrected chi connectivity index (χ2v) is 12.1. The largest absolute Gasteiger partial charge is 0.390 e. The molecule has 176 valence electrons. The predicted molar refractivity (Wildman–Crippen MR) is 131 cm³/mol. The summed E-state index contributed by atoms with van der Waals surface area (Å²) >= 11 is 0. The van der Waals surface area contributed by atoms with Crippen LogP contribution in [0.3, 0.4) is 0 Å². The van der Waals surface area contributed by atoms with E-state index >= 15 is 0 Å². The molecular formula is C27H57NO. The summed E-state index contributed by atoms with van der Waals surface area (Å²) in [6.07, 6.45) is 3.20. The summed E-state index contributed by atoms with van der Waals surface area (Å²) in [7, 11) is 0. The van der Waals surface area contributed by atoms with E-state index < -0.39 is 5.60 Å². The van der Waals surface area contributed by atoms with Crippen molar-refractivity contribution in [3.8, 4) is 0 Å². The van der Waals surface area contributed by atoms with Crippen molar-refractivity contribution >= 4 is 0 Å². The summed E-state index contributed by atoms with van der Waals surface area (Å²) in [4.78, 5) is 0. The molecular weight excluding hydrogens is 354 g/mol. The fourth-order valence-electron chi connectivity index (χ4n) is 6.78. The van der Waals surface area contributed by atoms with E-state index in [0.717, 1.165) is 19.3 Å². The van der Waals surface area contributed by atoms with Gasteiger partial charge in [-0.25, -0.2) is 0 Å². The van der Waals surface area contributed by atoms with Gasteiger partial charge in [-0.15, -0.1) is 0 Å². The fraction of sp³-hybridized carbons (Fsp3) is 1.00. The molecule has 3 N–H and O–H groups in total. The molecule has 0 aromatic rings. The topological polar surface area (TPSA) is 46.2 Å². The van der Waals surface area contributed by atoms with Gasteiger partial charge in [-0.05, 0) is 58.8 Å². The second kappa shape index (κ2) is 9.60. The van der Waals surface area contributed by atoms with Gasteiger partial charge in [0.15, 0.2) is 0 Å². The van der Waals surface area contributed by atoms with E-state index in [9.17, 15) is 5.11 Å². The first-order valence-corrected chi connectivity index (χ1v) is 12.3. The van der Waals surface area contributed by atoms with Crippen LogP contribution in [0.15, 0.2) is 0 Å². The zero-order valence-electron chi connectivity index (χ0n) is 22.7. The van der Waals surface area contributed by atoms with Gasteiger partial charge in [-0.3, -0.25) is 0 Å². The molecule has 6 unspecified atom stereocenters. The third-order valence-electron chi connectivity index (χ3n) is 10.9. The minimum atomic E-state index is -0.733. The molecule has 0 bridgehead atoms. The van der Waals surface area contributed by atoms with E-state index in [1.54, 1.807) is 0 Å². The Hall–Kier alpha value is -0.0800. The average molecular weight is 412 g/mol. The molecule has 0 saturated carbocycles.